The number of H-pyrrole nitrogens is 1. The quantitative estimate of drug-likeness (QED) is 0.387. The number of rotatable bonds is 6. The molecule has 0 saturated heterocycles. The van der Waals surface area contributed by atoms with E-state index in [0.29, 0.717) is 43.9 Å². The summed E-state index contributed by atoms with van der Waals surface area (Å²) < 4.78 is 23.6. The molecule has 1 aromatic heterocycles. The van der Waals surface area contributed by atoms with Crippen LogP contribution in [-0.2, 0) is 6.61 Å². The molecular formula is C24H18BrN3O6. The standard InChI is InChI=1S/C24H18BrN3O6/c1-31-21-10-15(11-26-28-23(29)16-4-2-3-5-18(16)27-24(28)30)8-17(25)22(21)32-12-14-6-7-19-20(9-14)34-13-33-19/h2-11H,12-13H2,1H3,(H,27,30). The van der Waals surface area contributed by atoms with Crippen molar-refractivity contribution in [2.75, 3.05) is 13.9 Å². The van der Waals surface area contributed by atoms with Crippen molar-refractivity contribution in [3.8, 4) is 23.0 Å². The highest BCUT2D eigenvalue weighted by molar-refractivity contribution is 9.10. The second-order valence-electron chi connectivity index (χ2n) is 7.35. The number of benzene rings is 3. The number of aromatic amines is 1. The fraction of sp³-hybridized carbons (Fsp3) is 0.125. The van der Waals surface area contributed by atoms with Crippen molar-refractivity contribution in [1.82, 2.24) is 9.66 Å². The van der Waals surface area contributed by atoms with Gasteiger partial charge in [0.2, 0.25) is 6.79 Å². The molecule has 0 fully saturated rings. The van der Waals surface area contributed by atoms with Crippen LogP contribution >= 0.6 is 15.9 Å². The van der Waals surface area contributed by atoms with E-state index < -0.39 is 11.2 Å². The Bertz CT molecular complexity index is 1540. The van der Waals surface area contributed by atoms with Crippen LogP contribution in [0.15, 0.2) is 73.8 Å². The Balaban J connectivity index is 1.40. The van der Waals surface area contributed by atoms with Gasteiger partial charge in [0.05, 0.1) is 28.7 Å². The summed E-state index contributed by atoms with van der Waals surface area (Å²) in [6.07, 6.45) is 1.40. The summed E-state index contributed by atoms with van der Waals surface area (Å²) in [7, 11) is 1.52. The molecule has 9 nitrogen and oxygen atoms in total. The zero-order valence-corrected chi connectivity index (χ0v) is 19.5. The second kappa shape index (κ2) is 9.06. The lowest BCUT2D eigenvalue weighted by Gasteiger charge is -2.14. The summed E-state index contributed by atoms with van der Waals surface area (Å²) in [6, 6.07) is 15.8. The normalized spacial score (nSPS) is 12.4. The Labute approximate surface area is 201 Å². The lowest BCUT2D eigenvalue weighted by atomic mass is 10.2. The third kappa shape index (κ3) is 4.15. The zero-order chi connectivity index (χ0) is 23.7. The SMILES string of the molecule is COc1cc(C=Nn2c(=O)[nH]c3ccccc3c2=O)cc(Br)c1OCc1ccc2c(c1)OCO2. The van der Waals surface area contributed by atoms with Gasteiger partial charge >= 0.3 is 5.69 Å². The number of para-hydroxylation sites is 1. The molecule has 0 spiro atoms. The Kier molecular flexibility index (Phi) is 5.81. The van der Waals surface area contributed by atoms with Gasteiger partial charge in [-0.05, 0) is 63.5 Å². The summed E-state index contributed by atoms with van der Waals surface area (Å²) >= 11 is 3.50. The molecule has 0 bridgehead atoms. The van der Waals surface area contributed by atoms with Gasteiger partial charge in [0, 0.05) is 0 Å². The highest BCUT2D eigenvalue weighted by atomic mass is 79.9. The lowest BCUT2D eigenvalue weighted by Crippen LogP contribution is -2.32. The molecule has 0 saturated carbocycles. The van der Waals surface area contributed by atoms with Gasteiger partial charge in [0.25, 0.3) is 5.56 Å². The van der Waals surface area contributed by atoms with E-state index >= 15 is 0 Å². The Morgan fingerprint density at radius 1 is 1.12 bits per heavy atom. The van der Waals surface area contributed by atoms with Crippen LogP contribution in [0.25, 0.3) is 10.9 Å². The van der Waals surface area contributed by atoms with Crippen molar-refractivity contribution in [1.29, 1.82) is 0 Å². The first-order valence-electron chi connectivity index (χ1n) is 10.2. The second-order valence-corrected chi connectivity index (χ2v) is 8.20. The van der Waals surface area contributed by atoms with Crippen LogP contribution in [0, 0.1) is 0 Å². The third-order valence-electron chi connectivity index (χ3n) is 5.18. The van der Waals surface area contributed by atoms with Gasteiger partial charge in [-0.2, -0.15) is 5.10 Å². The maximum atomic E-state index is 12.7. The van der Waals surface area contributed by atoms with Gasteiger partial charge in [0.1, 0.15) is 6.61 Å². The molecule has 4 aromatic rings. The van der Waals surface area contributed by atoms with Gasteiger partial charge in [-0.3, -0.25) is 4.79 Å². The summed E-state index contributed by atoms with van der Waals surface area (Å²) in [4.78, 5) is 27.6. The molecule has 172 valence electrons. The van der Waals surface area contributed by atoms with E-state index in [1.165, 1.54) is 13.3 Å². The van der Waals surface area contributed by atoms with Crippen LogP contribution in [0.2, 0.25) is 0 Å². The van der Waals surface area contributed by atoms with Crippen molar-refractivity contribution >= 4 is 33.0 Å². The Morgan fingerprint density at radius 3 is 2.79 bits per heavy atom. The zero-order valence-electron chi connectivity index (χ0n) is 17.9. The smallest absolute Gasteiger partial charge is 0.349 e. The molecule has 1 aliphatic heterocycles. The highest BCUT2D eigenvalue weighted by Crippen LogP contribution is 2.38. The van der Waals surface area contributed by atoms with Crippen molar-refractivity contribution in [2.24, 2.45) is 5.10 Å². The number of nitrogens with one attached hydrogen (secondary N) is 1. The van der Waals surface area contributed by atoms with Gasteiger partial charge < -0.3 is 23.9 Å². The van der Waals surface area contributed by atoms with Crippen LogP contribution in [-0.4, -0.2) is 29.8 Å². The van der Waals surface area contributed by atoms with Crippen molar-refractivity contribution in [3.05, 3.63) is 91.0 Å². The molecule has 34 heavy (non-hydrogen) atoms. The highest BCUT2D eigenvalue weighted by Gasteiger charge is 2.15. The van der Waals surface area contributed by atoms with Crippen LogP contribution in [0.3, 0.4) is 0 Å². The molecule has 3 aromatic carbocycles. The van der Waals surface area contributed by atoms with Crippen molar-refractivity contribution < 1.29 is 18.9 Å². The van der Waals surface area contributed by atoms with E-state index in [4.69, 9.17) is 18.9 Å². The maximum absolute atomic E-state index is 12.7. The van der Waals surface area contributed by atoms with E-state index in [1.54, 1.807) is 36.4 Å². The van der Waals surface area contributed by atoms with Crippen LogP contribution < -0.4 is 30.2 Å². The fourth-order valence-electron chi connectivity index (χ4n) is 3.52. The van der Waals surface area contributed by atoms with Gasteiger partial charge in [0.15, 0.2) is 23.0 Å². The molecule has 5 rings (SSSR count). The average molecular weight is 524 g/mol. The maximum Gasteiger partial charge on any atom is 0.349 e. The number of halogens is 1. The first-order chi connectivity index (χ1) is 16.5. The predicted molar refractivity (Wildman–Crippen MR) is 129 cm³/mol. The molecule has 0 aliphatic carbocycles. The number of nitrogens with zero attached hydrogens (tertiary/aromatic N) is 2. The Morgan fingerprint density at radius 2 is 1.94 bits per heavy atom. The van der Waals surface area contributed by atoms with E-state index in [-0.39, 0.29) is 13.4 Å². The van der Waals surface area contributed by atoms with Crippen LogP contribution in [0.1, 0.15) is 11.1 Å². The monoisotopic (exact) mass is 523 g/mol. The van der Waals surface area contributed by atoms with E-state index in [2.05, 4.69) is 26.0 Å². The van der Waals surface area contributed by atoms with E-state index in [0.717, 1.165) is 10.2 Å². The number of ether oxygens (including phenoxy) is 4. The largest absolute Gasteiger partial charge is 0.493 e. The molecule has 1 aliphatic rings. The topological polar surface area (TPSA) is 104 Å². The molecule has 2 heterocycles. The number of hydrogen-bond acceptors (Lipinski definition) is 7. The first kappa shape index (κ1) is 21.8. The minimum atomic E-state index is -0.630. The van der Waals surface area contributed by atoms with Crippen molar-refractivity contribution in [2.45, 2.75) is 6.61 Å². The lowest BCUT2D eigenvalue weighted by molar-refractivity contribution is 0.174. The minimum absolute atomic E-state index is 0.208. The Hall–Kier alpha value is -4.05. The first-order valence-corrected chi connectivity index (χ1v) is 11.0. The summed E-state index contributed by atoms with van der Waals surface area (Å²) in [5.41, 5.74) is 0.814. The fourth-order valence-corrected chi connectivity index (χ4v) is 4.10. The molecule has 0 unspecified atom stereocenters. The van der Waals surface area contributed by atoms with Crippen LogP contribution in [0.4, 0.5) is 0 Å². The number of hydrogen-bond donors (Lipinski definition) is 1. The van der Waals surface area contributed by atoms with Gasteiger partial charge in [-0.1, -0.05) is 18.2 Å². The summed E-state index contributed by atoms with van der Waals surface area (Å²) in [5.74, 6) is 2.34. The predicted octanol–water partition coefficient (Wildman–Crippen LogP) is 3.65. The number of aromatic nitrogens is 2. The minimum Gasteiger partial charge on any atom is -0.493 e. The third-order valence-corrected chi connectivity index (χ3v) is 5.77. The number of fused-ring (bicyclic) bond motifs is 2. The molecular weight excluding hydrogens is 506 g/mol. The van der Waals surface area contributed by atoms with E-state index in [9.17, 15) is 9.59 Å². The van der Waals surface area contributed by atoms with E-state index in [1.807, 2.05) is 18.2 Å². The molecule has 1 N–H and O–H groups in total. The van der Waals surface area contributed by atoms with Crippen LogP contribution in [0.5, 0.6) is 23.0 Å². The molecule has 0 radical (unpaired) electrons. The summed E-state index contributed by atoms with van der Waals surface area (Å²) in [6.45, 7) is 0.486. The van der Waals surface area contributed by atoms with Gasteiger partial charge in [-0.15, -0.1) is 4.68 Å². The average Bonchev–Trinajstić information content (AvgIpc) is 3.31. The molecule has 0 amide bonds. The van der Waals surface area contributed by atoms with Gasteiger partial charge in [-0.25, -0.2) is 4.79 Å². The molecule has 10 heteroatoms. The van der Waals surface area contributed by atoms with Crippen molar-refractivity contribution in [3.63, 3.8) is 0 Å². The molecule has 0 atom stereocenters. The summed E-state index contributed by atoms with van der Waals surface area (Å²) in [5, 5.41) is 4.46. The number of methoxy groups -OCH3 is 1.